The number of nitrogens with zero attached hydrogens (tertiary/aromatic N) is 6. The van der Waals surface area contributed by atoms with Gasteiger partial charge in [0.25, 0.3) is 0 Å². The van der Waals surface area contributed by atoms with Crippen molar-refractivity contribution < 1.29 is 0 Å². The van der Waals surface area contributed by atoms with Gasteiger partial charge in [0.15, 0.2) is 5.82 Å². The molecular formula is C17H22N8. The van der Waals surface area contributed by atoms with Crippen molar-refractivity contribution in [3.05, 3.63) is 36.5 Å². The molecule has 2 N–H and O–H groups in total. The molecule has 0 amide bonds. The highest BCUT2D eigenvalue weighted by atomic mass is 15.3. The second-order valence-corrected chi connectivity index (χ2v) is 6.27. The molecule has 4 heterocycles. The molecule has 1 aliphatic rings. The lowest BCUT2D eigenvalue weighted by Crippen LogP contribution is -2.35. The van der Waals surface area contributed by atoms with Crippen LogP contribution in [0.1, 0.15) is 18.5 Å². The van der Waals surface area contributed by atoms with Crippen LogP contribution in [0.4, 0.5) is 17.5 Å². The predicted molar refractivity (Wildman–Crippen MR) is 98.2 cm³/mol. The molecule has 130 valence electrons. The fourth-order valence-electron chi connectivity index (χ4n) is 3.39. The SMILES string of the molecule is CNc1cc(N2CCCC2CNc2nccn3nc(C)cc23)ncn1. The molecule has 1 saturated heterocycles. The first-order valence-corrected chi connectivity index (χ1v) is 8.56. The lowest BCUT2D eigenvalue weighted by atomic mass is 10.2. The van der Waals surface area contributed by atoms with E-state index in [2.05, 4.69) is 35.6 Å². The largest absolute Gasteiger partial charge is 0.373 e. The summed E-state index contributed by atoms with van der Waals surface area (Å²) in [6.45, 7) is 3.82. The van der Waals surface area contributed by atoms with Crippen LogP contribution in [0.2, 0.25) is 0 Å². The number of hydrogen-bond donors (Lipinski definition) is 2. The van der Waals surface area contributed by atoms with Crippen molar-refractivity contribution in [2.45, 2.75) is 25.8 Å². The molecule has 0 spiro atoms. The molecule has 8 nitrogen and oxygen atoms in total. The third-order valence-electron chi connectivity index (χ3n) is 4.60. The molecule has 1 fully saturated rings. The summed E-state index contributed by atoms with van der Waals surface area (Å²) in [4.78, 5) is 15.5. The van der Waals surface area contributed by atoms with E-state index < -0.39 is 0 Å². The van der Waals surface area contributed by atoms with Crippen molar-refractivity contribution in [1.82, 2.24) is 24.6 Å². The summed E-state index contributed by atoms with van der Waals surface area (Å²) in [6, 6.07) is 4.42. The van der Waals surface area contributed by atoms with E-state index in [4.69, 9.17) is 0 Å². The van der Waals surface area contributed by atoms with Crippen LogP contribution in [0.25, 0.3) is 5.52 Å². The minimum atomic E-state index is 0.380. The van der Waals surface area contributed by atoms with Gasteiger partial charge in [-0.25, -0.2) is 19.5 Å². The van der Waals surface area contributed by atoms with E-state index in [1.54, 1.807) is 12.5 Å². The van der Waals surface area contributed by atoms with Gasteiger partial charge in [-0.3, -0.25) is 0 Å². The normalized spacial score (nSPS) is 17.2. The third-order valence-corrected chi connectivity index (χ3v) is 4.60. The number of aromatic nitrogens is 5. The lowest BCUT2D eigenvalue weighted by Gasteiger charge is -2.26. The molecular weight excluding hydrogens is 316 g/mol. The zero-order valence-corrected chi connectivity index (χ0v) is 14.5. The first-order chi connectivity index (χ1) is 12.2. The molecule has 1 atom stereocenters. The van der Waals surface area contributed by atoms with Gasteiger partial charge in [0.05, 0.1) is 5.69 Å². The zero-order valence-electron chi connectivity index (χ0n) is 14.5. The number of aryl methyl sites for hydroxylation is 1. The summed E-state index contributed by atoms with van der Waals surface area (Å²) < 4.78 is 1.86. The average Bonchev–Trinajstić information content (AvgIpc) is 3.25. The van der Waals surface area contributed by atoms with Crippen molar-refractivity contribution in [3.8, 4) is 0 Å². The number of nitrogens with one attached hydrogen (secondary N) is 2. The van der Waals surface area contributed by atoms with E-state index in [9.17, 15) is 0 Å². The number of hydrogen-bond acceptors (Lipinski definition) is 7. The molecule has 8 heteroatoms. The summed E-state index contributed by atoms with van der Waals surface area (Å²) in [5.41, 5.74) is 1.99. The summed E-state index contributed by atoms with van der Waals surface area (Å²) in [6.07, 6.45) is 7.55. The van der Waals surface area contributed by atoms with Gasteiger partial charge in [0, 0.05) is 44.6 Å². The van der Waals surface area contributed by atoms with Gasteiger partial charge in [-0.05, 0) is 25.8 Å². The average molecular weight is 338 g/mol. The van der Waals surface area contributed by atoms with Crippen LogP contribution in [0, 0.1) is 6.92 Å². The fourth-order valence-corrected chi connectivity index (χ4v) is 3.39. The van der Waals surface area contributed by atoms with Gasteiger partial charge in [-0.2, -0.15) is 5.10 Å². The maximum absolute atomic E-state index is 4.48. The minimum Gasteiger partial charge on any atom is -0.373 e. The topological polar surface area (TPSA) is 83.3 Å². The van der Waals surface area contributed by atoms with Gasteiger partial charge in [0.2, 0.25) is 0 Å². The molecule has 1 unspecified atom stereocenters. The number of rotatable bonds is 5. The monoisotopic (exact) mass is 338 g/mol. The zero-order chi connectivity index (χ0) is 17.2. The lowest BCUT2D eigenvalue weighted by molar-refractivity contribution is 0.689. The van der Waals surface area contributed by atoms with Crippen LogP contribution in [0.5, 0.6) is 0 Å². The van der Waals surface area contributed by atoms with E-state index in [-0.39, 0.29) is 0 Å². The Kier molecular flexibility index (Phi) is 4.09. The van der Waals surface area contributed by atoms with Crippen LogP contribution >= 0.6 is 0 Å². The summed E-state index contributed by atoms with van der Waals surface area (Å²) in [5, 5.41) is 11.0. The molecule has 0 radical (unpaired) electrons. The molecule has 0 aliphatic carbocycles. The van der Waals surface area contributed by atoms with Crippen molar-refractivity contribution in [3.63, 3.8) is 0 Å². The van der Waals surface area contributed by atoms with E-state index in [1.807, 2.05) is 36.8 Å². The van der Waals surface area contributed by atoms with Gasteiger partial charge < -0.3 is 15.5 Å². The molecule has 3 aromatic heterocycles. The third kappa shape index (κ3) is 3.07. The van der Waals surface area contributed by atoms with E-state index >= 15 is 0 Å². The molecule has 3 aromatic rings. The van der Waals surface area contributed by atoms with E-state index in [0.29, 0.717) is 6.04 Å². The van der Waals surface area contributed by atoms with Crippen LogP contribution in [0.3, 0.4) is 0 Å². The Balaban J connectivity index is 1.51. The Labute approximate surface area is 146 Å². The summed E-state index contributed by atoms with van der Waals surface area (Å²) in [5.74, 6) is 2.67. The minimum absolute atomic E-state index is 0.380. The van der Waals surface area contributed by atoms with Crippen molar-refractivity contribution >= 4 is 23.0 Å². The molecule has 25 heavy (non-hydrogen) atoms. The quantitative estimate of drug-likeness (QED) is 0.735. The van der Waals surface area contributed by atoms with Crippen molar-refractivity contribution in [1.29, 1.82) is 0 Å². The van der Waals surface area contributed by atoms with Crippen LogP contribution in [-0.4, -0.2) is 50.7 Å². The fraction of sp³-hybridized carbons (Fsp3) is 0.412. The van der Waals surface area contributed by atoms with Gasteiger partial charge in [0.1, 0.15) is 23.5 Å². The highest BCUT2D eigenvalue weighted by molar-refractivity contribution is 5.67. The van der Waals surface area contributed by atoms with Crippen molar-refractivity contribution in [2.75, 3.05) is 35.7 Å². The predicted octanol–water partition coefficient (Wildman–Crippen LogP) is 1.95. The smallest absolute Gasteiger partial charge is 0.152 e. The second-order valence-electron chi connectivity index (χ2n) is 6.27. The first-order valence-electron chi connectivity index (χ1n) is 8.56. The van der Waals surface area contributed by atoms with Crippen LogP contribution in [-0.2, 0) is 0 Å². The maximum atomic E-state index is 4.48. The second kappa shape index (κ2) is 6.54. The Morgan fingerprint density at radius 2 is 2.16 bits per heavy atom. The van der Waals surface area contributed by atoms with Gasteiger partial charge in [-0.15, -0.1) is 0 Å². The van der Waals surface area contributed by atoms with Crippen LogP contribution < -0.4 is 15.5 Å². The van der Waals surface area contributed by atoms with Crippen LogP contribution in [0.15, 0.2) is 30.9 Å². The van der Waals surface area contributed by atoms with Crippen molar-refractivity contribution in [2.24, 2.45) is 0 Å². The van der Waals surface area contributed by atoms with E-state index in [0.717, 1.165) is 54.6 Å². The molecule has 4 rings (SSSR count). The van der Waals surface area contributed by atoms with Gasteiger partial charge >= 0.3 is 0 Å². The standard InChI is InChI=1S/C17H22N8/c1-12-8-14-17(19-5-7-25(14)23-12)20-10-13-4-3-6-24(13)16-9-15(18-2)21-11-22-16/h5,7-9,11,13H,3-4,6,10H2,1-2H3,(H,19,20)(H,18,21,22). The van der Waals surface area contributed by atoms with E-state index in [1.165, 1.54) is 0 Å². The molecule has 1 aliphatic heterocycles. The Morgan fingerprint density at radius 1 is 1.24 bits per heavy atom. The Hall–Kier alpha value is -2.90. The highest BCUT2D eigenvalue weighted by Crippen LogP contribution is 2.25. The number of fused-ring (bicyclic) bond motifs is 1. The maximum Gasteiger partial charge on any atom is 0.152 e. The summed E-state index contributed by atoms with van der Waals surface area (Å²) >= 11 is 0. The van der Waals surface area contributed by atoms with Gasteiger partial charge in [-0.1, -0.05) is 0 Å². The Bertz CT molecular complexity index is 874. The molecule has 0 saturated carbocycles. The summed E-state index contributed by atoms with van der Waals surface area (Å²) in [7, 11) is 1.87. The highest BCUT2D eigenvalue weighted by Gasteiger charge is 2.26. The molecule has 0 bridgehead atoms. The molecule has 0 aromatic carbocycles. The Morgan fingerprint density at radius 3 is 3.04 bits per heavy atom. The first kappa shape index (κ1) is 15.6. The number of anilines is 3.